The number of hydrogen-bond donors (Lipinski definition) is 3. The second-order valence-electron chi connectivity index (χ2n) is 18.5. The molecule has 5 aliphatic rings. The summed E-state index contributed by atoms with van der Waals surface area (Å²) in [5, 5.41) is 5.89. The maximum atomic E-state index is 14.8. The van der Waals surface area contributed by atoms with Crippen LogP contribution in [-0.4, -0.2) is 88.7 Å². The lowest BCUT2D eigenvalue weighted by atomic mass is 9.95. The number of amides is 4. The number of thiophene rings is 1. The fourth-order valence-electron chi connectivity index (χ4n) is 8.96. The van der Waals surface area contributed by atoms with Crippen LogP contribution in [0.25, 0.3) is 32.8 Å². The third kappa shape index (κ3) is 8.66. The number of benzene rings is 1. The molecule has 3 aromatic heterocycles. The van der Waals surface area contributed by atoms with Gasteiger partial charge in [0, 0.05) is 22.6 Å². The highest BCUT2D eigenvalue weighted by molar-refractivity contribution is 7.91. The van der Waals surface area contributed by atoms with Crippen LogP contribution >= 0.6 is 11.3 Å². The minimum Gasteiger partial charge on any atom is -0.470 e. The van der Waals surface area contributed by atoms with Crippen molar-refractivity contribution in [2.45, 2.75) is 145 Å². The van der Waals surface area contributed by atoms with E-state index in [4.69, 9.17) is 23.9 Å². The number of fused-ring (bicyclic) bond motifs is 5. The number of hydrogen-bond acceptors (Lipinski definition) is 12. The molecule has 1 saturated heterocycles. The van der Waals surface area contributed by atoms with Gasteiger partial charge in [-0.2, -0.15) is 4.98 Å². The van der Waals surface area contributed by atoms with E-state index < -0.39 is 68.7 Å². The Morgan fingerprint density at radius 2 is 1.74 bits per heavy atom. The Bertz CT molecular complexity index is 2540. The number of furan rings is 1. The number of ether oxygens (including phenoxy) is 2. The van der Waals surface area contributed by atoms with Crippen molar-refractivity contribution in [3.63, 3.8) is 0 Å². The summed E-state index contributed by atoms with van der Waals surface area (Å²) in [5.41, 5.74) is -0.159. The van der Waals surface area contributed by atoms with Crippen LogP contribution in [0.1, 0.15) is 109 Å². The Labute approximate surface area is 364 Å². The third-order valence-corrected chi connectivity index (χ3v) is 16.1. The first kappa shape index (κ1) is 42.3. The second-order valence-corrected chi connectivity index (χ2v) is 21.6. The first-order valence-electron chi connectivity index (χ1n) is 22.0. The number of carbonyl (C=O) groups is 4. The molecule has 3 N–H and O–H groups in total. The Hall–Kier alpha value is -5.03. The smallest absolute Gasteiger partial charge is 0.408 e. The van der Waals surface area contributed by atoms with Gasteiger partial charge in [-0.15, -0.1) is 11.3 Å². The Kier molecular flexibility index (Phi) is 11.3. The fourth-order valence-corrected chi connectivity index (χ4v) is 11.3. The minimum atomic E-state index is -3.92. The van der Waals surface area contributed by atoms with Gasteiger partial charge < -0.3 is 29.4 Å². The quantitative estimate of drug-likeness (QED) is 0.158. The Morgan fingerprint density at radius 1 is 0.968 bits per heavy atom. The molecular weight excluding hydrogens is 833 g/mol. The highest BCUT2D eigenvalue weighted by atomic mass is 32.2. The molecule has 1 aromatic carbocycles. The first-order chi connectivity index (χ1) is 29.7. The van der Waals surface area contributed by atoms with Crippen molar-refractivity contribution in [2.24, 2.45) is 5.92 Å². The molecule has 4 aromatic rings. The summed E-state index contributed by atoms with van der Waals surface area (Å²) < 4.78 is 47.0. The van der Waals surface area contributed by atoms with E-state index in [1.165, 1.54) is 4.90 Å². The van der Waals surface area contributed by atoms with Crippen molar-refractivity contribution in [2.75, 3.05) is 6.54 Å². The highest BCUT2D eigenvalue weighted by Gasteiger charge is 2.62. The van der Waals surface area contributed by atoms with Gasteiger partial charge in [-0.25, -0.2) is 18.2 Å². The van der Waals surface area contributed by atoms with Crippen molar-refractivity contribution >= 4 is 67.2 Å². The average Bonchev–Trinajstić information content (AvgIpc) is 3.86. The van der Waals surface area contributed by atoms with Crippen LogP contribution in [-0.2, 0) is 34.6 Å². The van der Waals surface area contributed by atoms with Crippen LogP contribution in [0, 0.1) is 5.92 Å². The van der Waals surface area contributed by atoms with Crippen molar-refractivity contribution in [3.8, 4) is 16.6 Å². The number of carbonyl (C=O) groups excluding carboxylic acids is 4. The van der Waals surface area contributed by atoms with E-state index in [0.717, 1.165) is 53.7 Å². The van der Waals surface area contributed by atoms with Gasteiger partial charge in [-0.05, 0) is 93.9 Å². The molecular formula is C45H54N6O9S2. The molecule has 5 atom stereocenters. The lowest BCUT2D eigenvalue weighted by Gasteiger charge is -2.30. The molecule has 0 radical (unpaired) electrons. The molecule has 330 valence electrons. The van der Waals surface area contributed by atoms with E-state index in [0.29, 0.717) is 54.6 Å². The molecule has 4 fully saturated rings. The number of sulfonamides is 1. The summed E-state index contributed by atoms with van der Waals surface area (Å²) in [7, 11) is -3.92. The predicted molar refractivity (Wildman–Crippen MR) is 233 cm³/mol. The number of nitrogens with zero attached hydrogens (tertiary/aromatic N) is 3. The molecule has 17 heteroatoms. The van der Waals surface area contributed by atoms with Gasteiger partial charge in [-0.3, -0.25) is 19.1 Å². The van der Waals surface area contributed by atoms with Crippen LogP contribution in [0.15, 0.2) is 53.0 Å². The summed E-state index contributed by atoms with van der Waals surface area (Å²) in [5.74, 6) is -1.77. The van der Waals surface area contributed by atoms with Crippen LogP contribution in [0.3, 0.4) is 0 Å². The normalized spacial score (nSPS) is 26.9. The number of nitrogens with one attached hydrogen (secondary N) is 3. The van der Waals surface area contributed by atoms with E-state index in [9.17, 15) is 27.6 Å². The highest BCUT2D eigenvalue weighted by Crippen LogP contribution is 2.46. The fraction of sp³-hybridized carbons (Fsp3) is 0.556. The van der Waals surface area contributed by atoms with E-state index >= 15 is 0 Å². The zero-order chi connectivity index (χ0) is 43.4. The van der Waals surface area contributed by atoms with Crippen LogP contribution in [0.5, 0.6) is 5.88 Å². The topological polar surface area (TPSA) is 199 Å². The second kappa shape index (κ2) is 16.6. The molecule has 5 heterocycles. The molecule has 9 rings (SSSR count). The number of allylic oxidation sites excluding steroid dienone is 1. The largest absolute Gasteiger partial charge is 0.470 e. The molecule has 3 saturated carbocycles. The van der Waals surface area contributed by atoms with Gasteiger partial charge in [0.05, 0.1) is 16.7 Å². The molecule has 0 unspecified atom stereocenters. The average molecular weight is 887 g/mol. The van der Waals surface area contributed by atoms with Crippen molar-refractivity contribution in [1.82, 2.24) is 30.2 Å². The number of rotatable bonds is 8. The van der Waals surface area contributed by atoms with Crippen molar-refractivity contribution < 1.29 is 41.5 Å². The summed E-state index contributed by atoms with van der Waals surface area (Å²) in [4.78, 5) is 69.9. The number of para-hydroxylation sites is 1. The van der Waals surface area contributed by atoms with Gasteiger partial charge in [0.15, 0.2) is 5.82 Å². The zero-order valence-corrected chi connectivity index (χ0v) is 36.9. The van der Waals surface area contributed by atoms with Crippen molar-refractivity contribution in [3.05, 3.63) is 53.4 Å². The molecule has 62 heavy (non-hydrogen) atoms. The number of alkyl carbamates (subject to hydrolysis) is 1. The van der Waals surface area contributed by atoms with Gasteiger partial charge in [-0.1, -0.05) is 57.9 Å². The summed E-state index contributed by atoms with van der Waals surface area (Å²) >= 11 is 1.59. The van der Waals surface area contributed by atoms with E-state index in [1.807, 2.05) is 42.5 Å². The number of aromatic nitrogens is 2. The van der Waals surface area contributed by atoms with E-state index in [1.54, 1.807) is 11.3 Å². The maximum absolute atomic E-state index is 14.8. The van der Waals surface area contributed by atoms with Gasteiger partial charge >= 0.3 is 6.09 Å². The predicted octanol–water partition coefficient (Wildman–Crippen LogP) is 6.79. The van der Waals surface area contributed by atoms with Crippen LogP contribution < -0.4 is 20.1 Å². The third-order valence-electron chi connectivity index (χ3n) is 12.7. The Balaban J connectivity index is 1.06. The minimum absolute atomic E-state index is 0.00359. The summed E-state index contributed by atoms with van der Waals surface area (Å²) in [6.45, 7) is 6.37. The van der Waals surface area contributed by atoms with E-state index in [2.05, 4.69) is 42.2 Å². The van der Waals surface area contributed by atoms with Crippen LogP contribution in [0.2, 0.25) is 0 Å². The molecule has 0 spiro atoms. The maximum Gasteiger partial charge on any atom is 0.408 e. The van der Waals surface area contributed by atoms with Gasteiger partial charge in [0.1, 0.15) is 40.9 Å². The lowest BCUT2D eigenvalue weighted by Crippen LogP contribution is -2.58. The molecule has 2 aliphatic heterocycles. The first-order valence-corrected chi connectivity index (χ1v) is 24.3. The monoisotopic (exact) mass is 886 g/mol. The van der Waals surface area contributed by atoms with E-state index in [-0.39, 0.29) is 36.8 Å². The zero-order valence-electron chi connectivity index (χ0n) is 35.3. The van der Waals surface area contributed by atoms with Crippen molar-refractivity contribution in [1.29, 1.82) is 0 Å². The molecule has 4 amide bonds. The lowest BCUT2D eigenvalue weighted by molar-refractivity contribution is -0.141. The Morgan fingerprint density at radius 3 is 2.50 bits per heavy atom. The molecule has 15 nitrogen and oxygen atoms in total. The standard InChI is InChI=1S/C45H54N6O9S2/c1-44(2,3)35-22-21-34(61-35)38-47-36-30-16-11-12-18-33(30)60-37(36)40(48-38)58-28-23-32-39(52)49-45(42(54)50-62(56,57)29-19-20-29)24-26(45)13-7-5-4-6-8-17-31(41(53)51(32)25-28)46-43(55)59-27-14-9-10-15-27/h7,11-13,16,18,21-22,26-29,31-32H,4-6,8-10,14-15,17,19-20,23-25H2,1-3H3,(H,46,55)(H,49,52)(H,50,54)/b13-7-/t26-,28+,31-,32-,45+/m0/s1. The van der Waals surface area contributed by atoms with Gasteiger partial charge in [0.25, 0.3) is 11.8 Å². The summed E-state index contributed by atoms with van der Waals surface area (Å²) in [6.07, 6.45) is 9.93. The summed E-state index contributed by atoms with van der Waals surface area (Å²) in [6, 6.07) is 9.42. The van der Waals surface area contributed by atoms with Crippen LogP contribution in [0.4, 0.5) is 4.79 Å². The molecule has 3 aliphatic carbocycles. The van der Waals surface area contributed by atoms with Gasteiger partial charge in [0.2, 0.25) is 27.4 Å². The SMILES string of the molecule is CC(C)(C)c1ccc(-c2nc(O[C@@H]3C[C@H]4C(=O)N[C@]5(C(=O)NS(=O)(=O)C6CC6)C[C@@H]5/C=C\CCCCC[C@H](NC(=O)OC5CCCC5)C(=O)N4C3)c3oc4ccccc4c3n2)s1. The molecule has 0 bridgehead atoms.